The van der Waals surface area contributed by atoms with E-state index >= 15 is 0 Å². The maximum absolute atomic E-state index is 6.13. The predicted molar refractivity (Wildman–Crippen MR) is 89.4 cm³/mol. The Morgan fingerprint density at radius 3 is 2.27 bits per heavy atom. The third-order valence-corrected chi connectivity index (χ3v) is 4.17. The van der Waals surface area contributed by atoms with Crippen LogP contribution in [0.4, 0.5) is 0 Å². The Morgan fingerprint density at radius 2 is 1.59 bits per heavy atom. The van der Waals surface area contributed by atoms with Gasteiger partial charge in [0.2, 0.25) is 0 Å². The molecule has 1 heterocycles. The molecule has 1 fully saturated rings. The highest BCUT2D eigenvalue weighted by molar-refractivity contribution is 4.96. The van der Waals surface area contributed by atoms with Gasteiger partial charge in [-0.1, -0.05) is 40.0 Å². The molecule has 0 unspecified atom stereocenters. The Morgan fingerprint density at radius 1 is 0.955 bits per heavy atom. The van der Waals surface area contributed by atoms with Gasteiger partial charge in [-0.25, -0.2) is 0 Å². The molecule has 22 heavy (non-hydrogen) atoms. The second kappa shape index (κ2) is 11.4. The van der Waals surface area contributed by atoms with E-state index in [4.69, 9.17) is 18.9 Å². The molecule has 1 saturated heterocycles. The van der Waals surface area contributed by atoms with E-state index in [9.17, 15) is 0 Å². The Labute approximate surface area is 136 Å². The lowest BCUT2D eigenvalue weighted by Crippen LogP contribution is -2.47. The van der Waals surface area contributed by atoms with Crippen molar-refractivity contribution in [3.63, 3.8) is 0 Å². The number of hydrogen-bond donors (Lipinski definition) is 0. The molecule has 1 rings (SSSR count). The topological polar surface area (TPSA) is 36.9 Å². The molecule has 4 heteroatoms. The SMILES string of the molecule is CCCCOC[C@H]1OC[C@](C)(OCCCC)[C@@H]1OCCCC. The summed E-state index contributed by atoms with van der Waals surface area (Å²) in [5, 5.41) is 0. The quantitative estimate of drug-likeness (QED) is 0.482. The van der Waals surface area contributed by atoms with E-state index in [1.807, 2.05) is 0 Å². The molecule has 0 bridgehead atoms. The monoisotopic (exact) mass is 316 g/mol. The van der Waals surface area contributed by atoms with Gasteiger partial charge in [-0.2, -0.15) is 0 Å². The Balaban J connectivity index is 2.51. The van der Waals surface area contributed by atoms with Gasteiger partial charge in [0.05, 0.1) is 13.2 Å². The highest BCUT2D eigenvalue weighted by Crippen LogP contribution is 2.31. The molecule has 1 aliphatic heterocycles. The minimum atomic E-state index is -0.346. The van der Waals surface area contributed by atoms with Crippen LogP contribution in [0.2, 0.25) is 0 Å². The fourth-order valence-electron chi connectivity index (χ4n) is 2.63. The Hall–Kier alpha value is -0.160. The first kappa shape index (κ1) is 19.9. The molecule has 0 aromatic rings. The van der Waals surface area contributed by atoms with Crippen molar-refractivity contribution < 1.29 is 18.9 Å². The van der Waals surface area contributed by atoms with Gasteiger partial charge in [0, 0.05) is 19.8 Å². The van der Waals surface area contributed by atoms with Crippen molar-refractivity contribution in [1.82, 2.24) is 0 Å². The molecule has 0 N–H and O–H groups in total. The van der Waals surface area contributed by atoms with Crippen LogP contribution in [-0.4, -0.2) is 50.8 Å². The van der Waals surface area contributed by atoms with Crippen LogP contribution in [-0.2, 0) is 18.9 Å². The number of rotatable bonds is 13. The summed E-state index contributed by atoms with van der Waals surface area (Å²) in [6.45, 7) is 12.2. The van der Waals surface area contributed by atoms with E-state index in [1.54, 1.807) is 0 Å². The lowest BCUT2D eigenvalue weighted by atomic mass is 9.98. The molecule has 0 aromatic carbocycles. The first-order valence-electron chi connectivity index (χ1n) is 9.12. The molecule has 0 amide bonds. The van der Waals surface area contributed by atoms with Gasteiger partial charge in [-0.15, -0.1) is 0 Å². The molecule has 0 radical (unpaired) electrons. The summed E-state index contributed by atoms with van der Waals surface area (Å²) in [5.74, 6) is 0. The van der Waals surface area contributed by atoms with E-state index in [-0.39, 0.29) is 17.8 Å². The third kappa shape index (κ3) is 6.53. The molecule has 4 nitrogen and oxygen atoms in total. The van der Waals surface area contributed by atoms with Crippen molar-refractivity contribution in [2.45, 2.75) is 84.0 Å². The highest BCUT2D eigenvalue weighted by atomic mass is 16.6. The van der Waals surface area contributed by atoms with Crippen molar-refractivity contribution >= 4 is 0 Å². The third-order valence-electron chi connectivity index (χ3n) is 4.17. The minimum absolute atomic E-state index is 0.0136. The molecule has 0 saturated carbocycles. The van der Waals surface area contributed by atoms with Crippen molar-refractivity contribution in [1.29, 1.82) is 0 Å². The van der Waals surface area contributed by atoms with Gasteiger partial charge in [0.15, 0.2) is 0 Å². The average Bonchev–Trinajstić information content (AvgIpc) is 2.82. The summed E-state index contributed by atoms with van der Waals surface area (Å²) in [4.78, 5) is 0. The Kier molecular flexibility index (Phi) is 10.3. The summed E-state index contributed by atoms with van der Waals surface area (Å²) in [6, 6.07) is 0. The Bertz CT molecular complexity index is 272. The fourth-order valence-corrected chi connectivity index (χ4v) is 2.63. The van der Waals surface area contributed by atoms with Gasteiger partial charge in [-0.3, -0.25) is 0 Å². The van der Waals surface area contributed by atoms with Gasteiger partial charge in [-0.05, 0) is 26.2 Å². The zero-order valence-corrected chi connectivity index (χ0v) is 15.1. The van der Waals surface area contributed by atoms with Crippen LogP contribution in [0, 0.1) is 0 Å². The largest absolute Gasteiger partial charge is 0.379 e. The van der Waals surface area contributed by atoms with Gasteiger partial charge < -0.3 is 18.9 Å². The molecular formula is C18H36O4. The van der Waals surface area contributed by atoms with Crippen LogP contribution >= 0.6 is 0 Å². The van der Waals surface area contributed by atoms with Crippen LogP contribution in [0.5, 0.6) is 0 Å². The summed E-state index contributed by atoms with van der Waals surface area (Å²) in [7, 11) is 0. The zero-order valence-electron chi connectivity index (χ0n) is 15.1. The molecule has 132 valence electrons. The van der Waals surface area contributed by atoms with Crippen LogP contribution in [0.15, 0.2) is 0 Å². The van der Waals surface area contributed by atoms with E-state index in [0.29, 0.717) is 13.2 Å². The second-order valence-electron chi connectivity index (χ2n) is 6.44. The number of ether oxygens (including phenoxy) is 4. The van der Waals surface area contributed by atoms with E-state index in [1.165, 1.54) is 0 Å². The summed E-state index contributed by atoms with van der Waals surface area (Å²) in [6.07, 6.45) is 6.64. The molecule has 0 spiro atoms. The van der Waals surface area contributed by atoms with Crippen LogP contribution < -0.4 is 0 Å². The molecule has 3 atom stereocenters. The lowest BCUT2D eigenvalue weighted by Gasteiger charge is -2.32. The predicted octanol–water partition coefficient (Wildman–Crippen LogP) is 3.96. The van der Waals surface area contributed by atoms with Crippen molar-refractivity contribution in [3.05, 3.63) is 0 Å². The average molecular weight is 316 g/mol. The van der Waals surface area contributed by atoms with Gasteiger partial charge in [0.1, 0.15) is 17.8 Å². The van der Waals surface area contributed by atoms with Gasteiger partial charge in [0.25, 0.3) is 0 Å². The van der Waals surface area contributed by atoms with E-state index < -0.39 is 0 Å². The van der Waals surface area contributed by atoms with Crippen LogP contribution in [0.3, 0.4) is 0 Å². The summed E-state index contributed by atoms with van der Waals surface area (Å²) >= 11 is 0. The van der Waals surface area contributed by atoms with Crippen molar-refractivity contribution in [3.8, 4) is 0 Å². The fraction of sp³-hybridized carbons (Fsp3) is 1.00. The lowest BCUT2D eigenvalue weighted by molar-refractivity contribution is -0.124. The highest BCUT2D eigenvalue weighted by Gasteiger charge is 2.48. The maximum atomic E-state index is 6.13. The summed E-state index contributed by atoms with van der Waals surface area (Å²) < 4.78 is 24.0. The van der Waals surface area contributed by atoms with Crippen molar-refractivity contribution in [2.75, 3.05) is 33.0 Å². The second-order valence-corrected chi connectivity index (χ2v) is 6.44. The smallest absolute Gasteiger partial charge is 0.117 e. The van der Waals surface area contributed by atoms with Gasteiger partial charge >= 0.3 is 0 Å². The number of unbranched alkanes of at least 4 members (excludes halogenated alkanes) is 3. The first-order valence-corrected chi connectivity index (χ1v) is 9.12. The molecule has 0 aliphatic carbocycles. The molecule has 1 aliphatic rings. The number of hydrogen-bond acceptors (Lipinski definition) is 4. The normalized spacial score (nSPS) is 28.4. The van der Waals surface area contributed by atoms with E-state index in [0.717, 1.165) is 58.3 Å². The molecular weight excluding hydrogens is 280 g/mol. The minimum Gasteiger partial charge on any atom is -0.379 e. The van der Waals surface area contributed by atoms with Crippen LogP contribution in [0.25, 0.3) is 0 Å². The van der Waals surface area contributed by atoms with E-state index in [2.05, 4.69) is 27.7 Å². The maximum Gasteiger partial charge on any atom is 0.117 e. The first-order chi connectivity index (χ1) is 10.7. The van der Waals surface area contributed by atoms with Crippen LogP contribution in [0.1, 0.15) is 66.2 Å². The zero-order chi connectivity index (χ0) is 16.3. The standard InChI is InChI=1S/C18H36O4/c1-5-8-11-19-14-16-17(20-12-9-6-2)18(4,15-21-16)22-13-10-7-3/h16-17H,5-15H2,1-4H3/t16-,17-,18+/m1/s1. The molecule has 0 aromatic heterocycles. The summed E-state index contributed by atoms with van der Waals surface area (Å²) in [5.41, 5.74) is -0.346. The van der Waals surface area contributed by atoms with Crippen molar-refractivity contribution in [2.24, 2.45) is 0 Å².